The third-order valence-electron chi connectivity index (χ3n) is 3.06. The van der Waals surface area contributed by atoms with Crippen molar-refractivity contribution in [1.29, 1.82) is 0 Å². The van der Waals surface area contributed by atoms with E-state index in [1.54, 1.807) is 0 Å². The number of aromatic nitrogens is 2. The van der Waals surface area contributed by atoms with Crippen molar-refractivity contribution in [1.82, 2.24) is 9.97 Å². The molecule has 0 saturated carbocycles. The average Bonchev–Trinajstić information content (AvgIpc) is 2.30. The van der Waals surface area contributed by atoms with E-state index < -0.39 is 0 Å². The molecule has 0 aliphatic heterocycles. The van der Waals surface area contributed by atoms with Crippen LogP contribution in [0.15, 0.2) is 12.4 Å². The smallest absolute Gasteiger partial charge is 0.225 e. The van der Waals surface area contributed by atoms with Crippen LogP contribution in [-0.4, -0.2) is 29.1 Å². The Hall–Kier alpha value is -1.16. The van der Waals surface area contributed by atoms with E-state index in [2.05, 4.69) is 35.8 Å². The fraction of sp³-hybridized carbons (Fsp3) is 0.692. The molecule has 0 fully saturated rings. The maximum atomic E-state index is 5.75. The minimum absolute atomic E-state index is 0.154. The van der Waals surface area contributed by atoms with Gasteiger partial charge in [0.2, 0.25) is 5.95 Å². The van der Waals surface area contributed by atoms with E-state index in [0.717, 1.165) is 30.8 Å². The topological polar surface area (TPSA) is 55.0 Å². The lowest BCUT2D eigenvalue weighted by atomic mass is 10.1. The van der Waals surface area contributed by atoms with Crippen LogP contribution in [0.1, 0.15) is 39.2 Å². The molecule has 4 heteroatoms. The largest absolute Gasteiger partial charge is 0.341 e. The normalized spacial score (nSPS) is 12.8. The molecule has 1 heterocycles. The summed E-state index contributed by atoms with van der Waals surface area (Å²) in [6.45, 7) is 6.37. The zero-order chi connectivity index (χ0) is 12.8. The van der Waals surface area contributed by atoms with Crippen LogP contribution in [0.2, 0.25) is 0 Å². The zero-order valence-electron chi connectivity index (χ0n) is 11.3. The summed E-state index contributed by atoms with van der Waals surface area (Å²) in [5, 5.41) is 0. The summed E-state index contributed by atoms with van der Waals surface area (Å²) in [5.41, 5.74) is 6.85. The Kier molecular flexibility index (Phi) is 5.35. The summed E-state index contributed by atoms with van der Waals surface area (Å²) < 4.78 is 0. The lowest BCUT2D eigenvalue weighted by Gasteiger charge is -2.26. The van der Waals surface area contributed by atoms with E-state index >= 15 is 0 Å². The molecule has 96 valence electrons. The lowest BCUT2D eigenvalue weighted by molar-refractivity contribution is 0.580. The fourth-order valence-electron chi connectivity index (χ4n) is 2.01. The van der Waals surface area contributed by atoms with Gasteiger partial charge in [-0.2, -0.15) is 0 Å². The summed E-state index contributed by atoms with van der Waals surface area (Å²) in [7, 11) is 2.05. The van der Waals surface area contributed by atoms with Crippen LogP contribution in [0.25, 0.3) is 0 Å². The Bertz CT molecular complexity index is 317. The molecule has 1 aromatic rings. The predicted molar refractivity (Wildman–Crippen MR) is 72.2 cm³/mol. The first-order valence-corrected chi connectivity index (χ1v) is 6.37. The maximum Gasteiger partial charge on any atom is 0.225 e. The molecule has 1 rings (SSSR count). The van der Waals surface area contributed by atoms with Gasteiger partial charge >= 0.3 is 0 Å². The molecule has 0 radical (unpaired) electrons. The molecule has 0 aromatic carbocycles. The first-order valence-electron chi connectivity index (χ1n) is 6.37. The summed E-state index contributed by atoms with van der Waals surface area (Å²) in [6.07, 6.45) is 6.81. The molecule has 17 heavy (non-hydrogen) atoms. The second kappa shape index (κ2) is 6.55. The molecule has 1 unspecified atom stereocenters. The number of nitrogens with zero attached hydrogens (tertiary/aromatic N) is 3. The van der Waals surface area contributed by atoms with Gasteiger partial charge in [-0.1, -0.05) is 13.8 Å². The van der Waals surface area contributed by atoms with Gasteiger partial charge in [-0.05, 0) is 31.7 Å². The van der Waals surface area contributed by atoms with Gasteiger partial charge in [-0.25, -0.2) is 9.97 Å². The Morgan fingerprint density at radius 3 is 2.18 bits per heavy atom. The number of rotatable bonds is 6. The molecule has 1 aromatic heterocycles. The number of anilines is 1. The monoisotopic (exact) mass is 236 g/mol. The average molecular weight is 236 g/mol. The highest BCUT2D eigenvalue weighted by molar-refractivity contribution is 5.30. The van der Waals surface area contributed by atoms with E-state index in [0.29, 0.717) is 6.04 Å². The van der Waals surface area contributed by atoms with E-state index in [1.807, 2.05) is 19.3 Å². The van der Waals surface area contributed by atoms with Crippen molar-refractivity contribution < 1.29 is 0 Å². The van der Waals surface area contributed by atoms with E-state index in [9.17, 15) is 0 Å². The maximum absolute atomic E-state index is 5.75. The van der Waals surface area contributed by atoms with E-state index in [4.69, 9.17) is 5.73 Å². The van der Waals surface area contributed by atoms with Crippen LogP contribution in [0, 0.1) is 0 Å². The first-order chi connectivity index (χ1) is 8.08. The van der Waals surface area contributed by atoms with Crippen LogP contribution in [0.3, 0.4) is 0 Å². The van der Waals surface area contributed by atoms with E-state index in [1.165, 1.54) is 0 Å². The first kappa shape index (κ1) is 13.9. The summed E-state index contributed by atoms with van der Waals surface area (Å²) in [5.74, 6) is 0.798. The predicted octanol–water partition coefficient (Wildman–Crippen LogP) is 1.99. The second-order valence-electron chi connectivity index (χ2n) is 4.65. The molecule has 0 aliphatic rings. The molecule has 4 nitrogen and oxygen atoms in total. The SMILES string of the molecule is CCC(CC)N(C)c1ncc(CC(C)N)cn1. The third kappa shape index (κ3) is 3.97. The summed E-state index contributed by atoms with van der Waals surface area (Å²) >= 11 is 0. The van der Waals surface area contributed by atoms with E-state index in [-0.39, 0.29) is 6.04 Å². The van der Waals surface area contributed by atoms with Crippen molar-refractivity contribution in [3.05, 3.63) is 18.0 Å². The van der Waals surface area contributed by atoms with Gasteiger partial charge in [0, 0.05) is 31.5 Å². The van der Waals surface area contributed by atoms with Crippen LogP contribution in [-0.2, 0) is 6.42 Å². The molecule has 0 bridgehead atoms. The van der Waals surface area contributed by atoms with Crippen molar-refractivity contribution in [3.63, 3.8) is 0 Å². The highest BCUT2D eigenvalue weighted by atomic mass is 15.2. The van der Waals surface area contributed by atoms with Crippen LogP contribution >= 0.6 is 0 Å². The molecule has 1 atom stereocenters. The van der Waals surface area contributed by atoms with Gasteiger partial charge < -0.3 is 10.6 Å². The number of hydrogen-bond acceptors (Lipinski definition) is 4. The van der Waals surface area contributed by atoms with Gasteiger partial charge in [0.25, 0.3) is 0 Å². The second-order valence-corrected chi connectivity index (χ2v) is 4.65. The van der Waals surface area contributed by atoms with Gasteiger partial charge in [-0.3, -0.25) is 0 Å². The Morgan fingerprint density at radius 1 is 1.24 bits per heavy atom. The molecule has 0 saturated heterocycles. The molecule has 2 N–H and O–H groups in total. The van der Waals surface area contributed by atoms with Crippen molar-refractivity contribution in [2.45, 2.75) is 52.1 Å². The number of nitrogens with two attached hydrogens (primary N) is 1. The van der Waals surface area contributed by atoms with Gasteiger partial charge in [0.15, 0.2) is 0 Å². The summed E-state index contributed by atoms with van der Waals surface area (Å²) in [6, 6.07) is 0.662. The van der Waals surface area contributed by atoms with Gasteiger partial charge in [0.05, 0.1) is 0 Å². The standard InChI is InChI=1S/C13H24N4/c1-5-12(6-2)17(4)13-15-8-11(9-16-13)7-10(3)14/h8-10,12H,5-7,14H2,1-4H3. The van der Waals surface area contributed by atoms with Gasteiger partial charge in [0.1, 0.15) is 0 Å². The summed E-state index contributed by atoms with van der Waals surface area (Å²) in [4.78, 5) is 11.0. The molecular weight excluding hydrogens is 212 g/mol. The Balaban J connectivity index is 2.72. The fourth-order valence-corrected chi connectivity index (χ4v) is 2.01. The quantitative estimate of drug-likeness (QED) is 0.820. The number of hydrogen-bond donors (Lipinski definition) is 1. The lowest BCUT2D eigenvalue weighted by Crippen LogP contribution is -2.31. The molecule has 0 amide bonds. The Morgan fingerprint density at radius 2 is 1.76 bits per heavy atom. The van der Waals surface area contributed by atoms with Crippen molar-refractivity contribution in [2.24, 2.45) is 5.73 Å². The Labute approximate surface area is 104 Å². The highest BCUT2D eigenvalue weighted by Gasteiger charge is 2.13. The minimum atomic E-state index is 0.154. The molecule has 0 spiro atoms. The van der Waals surface area contributed by atoms with Crippen LogP contribution < -0.4 is 10.6 Å². The minimum Gasteiger partial charge on any atom is -0.341 e. The van der Waals surface area contributed by atoms with Crippen molar-refractivity contribution in [2.75, 3.05) is 11.9 Å². The van der Waals surface area contributed by atoms with Crippen LogP contribution in [0.5, 0.6) is 0 Å². The molecule has 0 aliphatic carbocycles. The zero-order valence-corrected chi connectivity index (χ0v) is 11.3. The van der Waals surface area contributed by atoms with Crippen LogP contribution in [0.4, 0.5) is 5.95 Å². The highest BCUT2D eigenvalue weighted by Crippen LogP contribution is 2.13. The van der Waals surface area contributed by atoms with Crippen molar-refractivity contribution in [3.8, 4) is 0 Å². The van der Waals surface area contributed by atoms with Crippen molar-refractivity contribution >= 4 is 5.95 Å². The molecular formula is C13H24N4. The third-order valence-corrected chi connectivity index (χ3v) is 3.06. The van der Waals surface area contributed by atoms with Gasteiger partial charge in [-0.15, -0.1) is 0 Å².